The second kappa shape index (κ2) is 5.97. The Hall–Kier alpha value is -1.69. The molecule has 0 fully saturated rings. The molecule has 5 nitrogen and oxygen atoms in total. The number of amides is 1. The highest BCUT2D eigenvalue weighted by atomic mass is 79.9. The van der Waals surface area contributed by atoms with Gasteiger partial charge in [-0.05, 0) is 40.9 Å². The Morgan fingerprint density at radius 1 is 1.26 bits per heavy atom. The lowest BCUT2D eigenvalue weighted by molar-refractivity contribution is -0.146. The van der Waals surface area contributed by atoms with Crippen LogP contribution < -0.4 is 5.32 Å². The fourth-order valence-corrected chi connectivity index (χ4v) is 2.28. The molecule has 2 N–H and O–H groups in total. The number of pyridine rings is 1. The lowest BCUT2D eigenvalue weighted by atomic mass is 9.82. The Bertz CT molecular complexity index is 513. The summed E-state index contributed by atoms with van der Waals surface area (Å²) in [5.41, 5.74) is 0. The molecule has 1 aromatic heterocycles. The summed E-state index contributed by atoms with van der Waals surface area (Å²) < 4.78 is 0.814. The zero-order chi connectivity index (χ0) is 13.8. The quantitative estimate of drug-likeness (QED) is 0.837. The van der Waals surface area contributed by atoms with E-state index in [0.717, 1.165) is 4.47 Å². The molecule has 1 aromatic rings. The van der Waals surface area contributed by atoms with Crippen LogP contribution in [0.25, 0.3) is 0 Å². The number of carboxylic acids is 1. The summed E-state index contributed by atoms with van der Waals surface area (Å²) >= 11 is 3.25. The average Bonchev–Trinajstić information content (AvgIpc) is 2.41. The Morgan fingerprint density at radius 2 is 1.95 bits per heavy atom. The van der Waals surface area contributed by atoms with Gasteiger partial charge in [0.05, 0.1) is 11.8 Å². The van der Waals surface area contributed by atoms with Crippen molar-refractivity contribution in [2.24, 2.45) is 11.8 Å². The van der Waals surface area contributed by atoms with E-state index in [1.807, 2.05) is 6.08 Å². The molecule has 1 amide bonds. The third-order valence-corrected chi connectivity index (χ3v) is 3.53. The number of nitrogens with zero attached hydrogens (tertiary/aromatic N) is 1. The third kappa shape index (κ3) is 3.41. The lowest BCUT2D eigenvalue weighted by Gasteiger charge is -2.23. The zero-order valence-electron chi connectivity index (χ0n) is 10.0. The molecule has 6 heteroatoms. The molecule has 0 aliphatic heterocycles. The van der Waals surface area contributed by atoms with Crippen LogP contribution in [0.2, 0.25) is 0 Å². The second-order valence-corrected chi connectivity index (χ2v) is 5.26. The number of hydrogen-bond donors (Lipinski definition) is 2. The molecule has 2 rings (SSSR count). The smallest absolute Gasteiger partial charge is 0.307 e. The van der Waals surface area contributed by atoms with Crippen molar-refractivity contribution in [2.75, 3.05) is 5.32 Å². The number of aliphatic carboxylic acids is 1. The van der Waals surface area contributed by atoms with E-state index in [4.69, 9.17) is 5.11 Å². The Morgan fingerprint density at radius 3 is 2.53 bits per heavy atom. The van der Waals surface area contributed by atoms with Crippen LogP contribution in [0.1, 0.15) is 12.8 Å². The minimum Gasteiger partial charge on any atom is -0.481 e. The topological polar surface area (TPSA) is 79.3 Å². The number of aromatic nitrogens is 1. The predicted molar refractivity (Wildman–Crippen MR) is 73.6 cm³/mol. The number of hydrogen-bond acceptors (Lipinski definition) is 3. The number of anilines is 1. The molecule has 1 aliphatic carbocycles. The molecule has 0 bridgehead atoms. The largest absolute Gasteiger partial charge is 0.481 e. The molecular weight excluding hydrogens is 312 g/mol. The van der Waals surface area contributed by atoms with Gasteiger partial charge >= 0.3 is 5.97 Å². The summed E-state index contributed by atoms with van der Waals surface area (Å²) in [5, 5.41) is 11.8. The number of carbonyl (C=O) groups is 2. The highest BCUT2D eigenvalue weighted by Crippen LogP contribution is 2.27. The number of allylic oxidation sites excluding steroid dienone is 2. The monoisotopic (exact) mass is 324 g/mol. The minimum atomic E-state index is -0.937. The van der Waals surface area contributed by atoms with Crippen LogP contribution in [-0.2, 0) is 9.59 Å². The average molecular weight is 325 g/mol. The highest BCUT2D eigenvalue weighted by molar-refractivity contribution is 9.10. The van der Waals surface area contributed by atoms with Crippen molar-refractivity contribution in [3.63, 3.8) is 0 Å². The van der Waals surface area contributed by atoms with Gasteiger partial charge in [-0.25, -0.2) is 4.98 Å². The Kier molecular flexibility index (Phi) is 4.31. The molecule has 0 saturated heterocycles. The van der Waals surface area contributed by atoms with E-state index in [1.54, 1.807) is 24.4 Å². The number of halogens is 1. The second-order valence-electron chi connectivity index (χ2n) is 4.34. The highest BCUT2D eigenvalue weighted by Gasteiger charge is 2.33. The summed E-state index contributed by atoms with van der Waals surface area (Å²) in [6, 6.07) is 3.43. The van der Waals surface area contributed by atoms with Crippen LogP contribution in [0.4, 0.5) is 5.82 Å². The van der Waals surface area contributed by atoms with Crippen molar-refractivity contribution >= 4 is 33.6 Å². The van der Waals surface area contributed by atoms with Gasteiger partial charge in [0, 0.05) is 10.7 Å². The van der Waals surface area contributed by atoms with Gasteiger partial charge in [0.15, 0.2) is 0 Å². The number of carboxylic acid groups (broad SMARTS) is 1. The van der Waals surface area contributed by atoms with Gasteiger partial charge in [-0.3, -0.25) is 9.59 Å². The number of carbonyl (C=O) groups excluding carboxylic acids is 1. The third-order valence-electron chi connectivity index (χ3n) is 3.07. The maximum atomic E-state index is 12.1. The standard InChI is InChI=1S/C13H13BrN2O3/c14-8-5-6-11(15-7-8)16-12(17)9-3-1-2-4-10(9)13(18)19/h1-2,5-7,9-10H,3-4H2,(H,18,19)(H,15,16,17)/t9-,10-/m0/s1. The van der Waals surface area contributed by atoms with Gasteiger partial charge in [-0.15, -0.1) is 0 Å². The summed E-state index contributed by atoms with van der Waals surface area (Å²) in [5.74, 6) is -2.03. The van der Waals surface area contributed by atoms with Gasteiger partial charge in [-0.2, -0.15) is 0 Å². The summed E-state index contributed by atoms with van der Waals surface area (Å²) in [4.78, 5) is 27.3. The van der Waals surface area contributed by atoms with E-state index in [2.05, 4.69) is 26.2 Å². The van der Waals surface area contributed by atoms with E-state index in [1.165, 1.54) is 0 Å². The maximum absolute atomic E-state index is 12.1. The van der Waals surface area contributed by atoms with Gasteiger partial charge < -0.3 is 10.4 Å². The van der Waals surface area contributed by atoms with E-state index in [9.17, 15) is 9.59 Å². The van der Waals surface area contributed by atoms with Gasteiger partial charge in [-0.1, -0.05) is 12.2 Å². The summed E-state index contributed by atoms with van der Waals surface area (Å²) in [6.45, 7) is 0. The molecule has 19 heavy (non-hydrogen) atoms. The fraction of sp³-hybridized carbons (Fsp3) is 0.308. The number of nitrogens with one attached hydrogen (secondary N) is 1. The first-order valence-electron chi connectivity index (χ1n) is 5.88. The van der Waals surface area contributed by atoms with E-state index in [-0.39, 0.29) is 5.91 Å². The molecule has 0 radical (unpaired) electrons. The molecule has 1 aliphatic rings. The fourth-order valence-electron chi connectivity index (χ4n) is 2.05. The molecule has 1 heterocycles. The molecule has 0 saturated carbocycles. The van der Waals surface area contributed by atoms with Crippen molar-refractivity contribution < 1.29 is 14.7 Å². The van der Waals surface area contributed by atoms with Crippen molar-refractivity contribution in [1.29, 1.82) is 0 Å². The van der Waals surface area contributed by atoms with Crippen LogP contribution in [0.3, 0.4) is 0 Å². The molecule has 0 unspecified atom stereocenters. The first-order valence-corrected chi connectivity index (χ1v) is 6.67. The van der Waals surface area contributed by atoms with Crippen molar-refractivity contribution in [3.8, 4) is 0 Å². The predicted octanol–water partition coefficient (Wildman–Crippen LogP) is 2.45. The van der Waals surface area contributed by atoms with Crippen LogP contribution in [0.5, 0.6) is 0 Å². The lowest BCUT2D eigenvalue weighted by Crippen LogP contribution is -2.34. The minimum absolute atomic E-state index is 0.299. The zero-order valence-corrected chi connectivity index (χ0v) is 11.6. The van der Waals surface area contributed by atoms with Gasteiger partial charge in [0.1, 0.15) is 5.82 Å². The molecule has 0 spiro atoms. The first kappa shape index (κ1) is 13.7. The van der Waals surface area contributed by atoms with Crippen LogP contribution >= 0.6 is 15.9 Å². The van der Waals surface area contributed by atoms with Crippen molar-refractivity contribution in [1.82, 2.24) is 4.98 Å². The van der Waals surface area contributed by atoms with Crippen molar-refractivity contribution in [2.45, 2.75) is 12.8 Å². The molecular formula is C13H13BrN2O3. The molecule has 0 aromatic carbocycles. The normalized spacial score (nSPS) is 21.9. The maximum Gasteiger partial charge on any atom is 0.307 e. The van der Waals surface area contributed by atoms with Gasteiger partial charge in [0.25, 0.3) is 0 Å². The van der Waals surface area contributed by atoms with E-state index >= 15 is 0 Å². The Balaban J connectivity index is 2.08. The molecule has 100 valence electrons. The Labute approximate surface area is 118 Å². The number of rotatable bonds is 3. The van der Waals surface area contributed by atoms with Gasteiger partial charge in [0.2, 0.25) is 5.91 Å². The summed E-state index contributed by atoms with van der Waals surface area (Å²) in [7, 11) is 0. The van der Waals surface area contributed by atoms with Crippen LogP contribution in [-0.4, -0.2) is 22.0 Å². The SMILES string of the molecule is O=C(O)[C@H]1CC=CC[C@@H]1C(=O)Nc1ccc(Br)cn1. The molecule has 2 atom stereocenters. The van der Waals surface area contributed by atoms with Crippen LogP contribution in [0.15, 0.2) is 35.0 Å². The first-order chi connectivity index (χ1) is 9.08. The van der Waals surface area contributed by atoms with Crippen LogP contribution in [0, 0.1) is 11.8 Å². The van der Waals surface area contributed by atoms with E-state index < -0.39 is 17.8 Å². The van der Waals surface area contributed by atoms with E-state index in [0.29, 0.717) is 18.7 Å². The van der Waals surface area contributed by atoms with Crippen molar-refractivity contribution in [3.05, 3.63) is 35.0 Å². The summed E-state index contributed by atoms with van der Waals surface area (Å²) in [6.07, 6.45) is 6.06.